The fraction of sp³-hybridized carbons (Fsp3) is 0. The first-order valence-electron chi connectivity index (χ1n) is 5.57. The minimum atomic E-state index is -0.587. The number of benzene rings is 1. The molecule has 108 valence electrons. The van der Waals surface area contributed by atoms with Crippen LogP contribution in [0.2, 0.25) is 5.02 Å². The molecule has 0 aliphatic carbocycles. The summed E-state index contributed by atoms with van der Waals surface area (Å²) in [5.41, 5.74) is 5.61. The van der Waals surface area contributed by atoms with Crippen LogP contribution in [0.15, 0.2) is 41.7 Å². The number of nitrogens with zero attached hydrogens (tertiary/aromatic N) is 3. The second-order valence-corrected chi connectivity index (χ2v) is 4.25. The molecule has 3 N–H and O–H groups in total. The van der Waals surface area contributed by atoms with Crippen LogP contribution in [0.5, 0.6) is 11.6 Å². The van der Waals surface area contributed by atoms with Crippen molar-refractivity contribution in [2.45, 2.75) is 0 Å². The molecule has 0 radical (unpaired) electrons. The number of nitro groups is 1. The van der Waals surface area contributed by atoms with Crippen molar-refractivity contribution in [2.75, 3.05) is 0 Å². The Bertz CT molecular complexity index is 703. The van der Waals surface area contributed by atoms with E-state index in [-0.39, 0.29) is 22.4 Å². The monoisotopic (exact) mass is 308 g/mol. The number of hydrogen-bond donors (Lipinski definition) is 2. The minimum Gasteiger partial charge on any atom is -0.439 e. The maximum atomic E-state index is 10.6. The van der Waals surface area contributed by atoms with Crippen LogP contribution in [0.3, 0.4) is 0 Å². The summed E-state index contributed by atoms with van der Waals surface area (Å²) in [6.07, 6.45) is 1.36. The van der Waals surface area contributed by atoms with Gasteiger partial charge in [-0.1, -0.05) is 16.8 Å². The average Bonchev–Trinajstić information content (AvgIpc) is 2.47. The van der Waals surface area contributed by atoms with Crippen LogP contribution in [0, 0.1) is 10.1 Å². The molecule has 0 saturated carbocycles. The highest BCUT2D eigenvalue weighted by Crippen LogP contribution is 2.30. The van der Waals surface area contributed by atoms with E-state index in [4.69, 9.17) is 27.3 Å². The standard InChI is InChI=1S/C12H9ClN4O4/c13-9-5-8(2-3-10(9)17(19)20)21-11-4-1-7(6-15-11)12(14)16-18/h1-6,18H,(H2,14,16). The smallest absolute Gasteiger partial charge is 0.288 e. The molecule has 0 atom stereocenters. The topological polar surface area (TPSA) is 124 Å². The third kappa shape index (κ3) is 3.37. The van der Waals surface area contributed by atoms with Crippen molar-refractivity contribution in [1.29, 1.82) is 0 Å². The van der Waals surface area contributed by atoms with Gasteiger partial charge in [-0.05, 0) is 12.1 Å². The molecule has 0 bridgehead atoms. The molecule has 9 heteroatoms. The fourth-order valence-electron chi connectivity index (χ4n) is 1.47. The third-order valence-electron chi connectivity index (χ3n) is 2.48. The molecule has 0 aliphatic rings. The van der Waals surface area contributed by atoms with E-state index in [2.05, 4.69) is 10.1 Å². The van der Waals surface area contributed by atoms with Crippen LogP contribution in [0.25, 0.3) is 0 Å². The Morgan fingerprint density at radius 1 is 1.43 bits per heavy atom. The van der Waals surface area contributed by atoms with Gasteiger partial charge in [0.05, 0.1) is 4.92 Å². The predicted octanol–water partition coefficient (Wildman–Crippen LogP) is 2.53. The van der Waals surface area contributed by atoms with Crippen molar-refractivity contribution < 1.29 is 14.9 Å². The van der Waals surface area contributed by atoms with E-state index in [1.54, 1.807) is 6.07 Å². The van der Waals surface area contributed by atoms with E-state index in [9.17, 15) is 10.1 Å². The van der Waals surface area contributed by atoms with E-state index in [0.717, 1.165) is 0 Å². The highest BCUT2D eigenvalue weighted by Gasteiger charge is 2.13. The average molecular weight is 309 g/mol. The Balaban J connectivity index is 2.19. The fourth-order valence-corrected chi connectivity index (χ4v) is 1.71. The molecule has 0 spiro atoms. The molecule has 1 aromatic carbocycles. The number of nitrogens with two attached hydrogens (primary N) is 1. The molecule has 2 aromatic rings. The highest BCUT2D eigenvalue weighted by molar-refractivity contribution is 6.32. The van der Waals surface area contributed by atoms with Gasteiger partial charge < -0.3 is 15.7 Å². The Morgan fingerprint density at radius 2 is 2.19 bits per heavy atom. The van der Waals surface area contributed by atoms with Gasteiger partial charge in [0, 0.05) is 30.0 Å². The van der Waals surface area contributed by atoms with Crippen LogP contribution in [0.1, 0.15) is 5.56 Å². The van der Waals surface area contributed by atoms with Gasteiger partial charge in [-0.25, -0.2) is 4.98 Å². The molecular weight excluding hydrogens is 300 g/mol. The molecular formula is C12H9ClN4O4. The number of aromatic nitrogens is 1. The zero-order chi connectivity index (χ0) is 15.4. The number of rotatable bonds is 4. The van der Waals surface area contributed by atoms with E-state index in [0.29, 0.717) is 11.3 Å². The lowest BCUT2D eigenvalue weighted by Gasteiger charge is -2.06. The molecule has 0 amide bonds. The molecule has 0 unspecified atom stereocenters. The van der Waals surface area contributed by atoms with Crippen LogP contribution < -0.4 is 10.5 Å². The van der Waals surface area contributed by atoms with Crippen molar-refractivity contribution >= 4 is 23.1 Å². The summed E-state index contributed by atoms with van der Waals surface area (Å²) in [4.78, 5) is 14.0. The lowest BCUT2D eigenvalue weighted by atomic mass is 10.2. The summed E-state index contributed by atoms with van der Waals surface area (Å²) < 4.78 is 5.40. The van der Waals surface area contributed by atoms with Gasteiger partial charge in [0.1, 0.15) is 10.8 Å². The maximum absolute atomic E-state index is 10.6. The first kappa shape index (κ1) is 14.5. The molecule has 8 nitrogen and oxygen atoms in total. The normalized spacial score (nSPS) is 11.2. The number of ether oxygens (including phenoxy) is 1. The molecule has 0 fully saturated rings. The predicted molar refractivity (Wildman–Crippen MR) is 74.9 cm³/mol. The zero-order valence-corrected chi connectivity index (χ0v) is 11.2. The summed E-state index contributed by atoms with van der Waals surface area (Å²) in [6.45, 7) is 0. The summed E-state index contributed by atoms with van der Waals surface area (Å²) in [7, 11) is 0. The maximum Gasteiger partial charge on any atom is 0.288 e. The van der Waals surface area contributed by atoms with Crippen molar-refractivity contribution in [3.05, 3.63) is 57.2 Å². The van der Waals surface area contributed by atoms with E-state index in [1.807, 2.05) is 0 Å². The lowest BCUT2D eigenvalue weighted by molar-refractivity contribution is -0.384. The van der Waals surface area contributed by atoms with Gasteiger partial charge in [-0.3, -0.25) is 10.1 Å². The van der Waals surface area contributed by atoms with Crippen molar-refractivity contribution in [2.24, 2.45) is 10.9 Å². The molecule has 1 heterocycles. The van der Waals surface area contributed by atoms with Gasteiger partial charge >= 0.3 is 0 Å². The zero-order valence-electron chi connectivity index (χ0n) is 10.4. The van der Waals surface area contributed by atoms with Crippen LogP contribution >= 0.6 is 11.6 Å². The Kier molecular flexibility index (Phi) is 4.19. The third-order valence-corrected chi connectivity index (χ3v) is 2.78. The molecule has 1 aromatic heterocycles. The quantitative estimate of drug-likeness (QED) is 0.294. The molecule has 0 aliphatic heterocycles. The van der Waals surface area contributed by atoms with E-state index < -0.39 is 4.92 Å². The first-order chi connectivity index (χ1) is 10.0. The largest absolute Gasteiger partial charge is 0.439 e. The summed E-state index contributed by atoms with van der Waals surface area (Å²) in [5, 5.41) is 22.0. The summed E-state index contributed by atoms with van der Waals surface area (Å²) in [5.74, 6) is 0.455. The molecule has 21 heavy (non-hydrogen) atoms. The number of nitro benzene ring substituents is 1. The van der Waals surface area contributed by atoms with Crippen molar-refractivity contribution in [1.82, 2.24) is 4.98 Å². The van der Waals surface area contributed by atoms with Gasteiger partial charge in [0.15, 0.2) is 5.84 Å². The molecule has 2 rings (SSSR count). The Morgan fingerprint density at radius 3 is 2.71 bits per heavy atom. The van der Waals surface area contributed by atoms with Gasteiger partial charge in [-0.15, -0.1) is 0 Å². The second-order valence-electron chi connectivity index (χ2n) is 3.84. The van der Waals surface area contributed by atoms with Gasteiger partial charge in [0.25, 0.3) is 5.69 Å². The second kappa shape index (κ2) is 6.06. The number of oxime groups is 1. The lowest BCUT2D eigenvalue weighted by Crippen LogP contribution is -2.13. The summed E-state index contributed by atoms with van der Waals surface area (Å²) >= 11 is 5.77. The van der Waals surface area contributed by atoms with Crippen LogP contribution in [0.4, 0.5) is 5.69 Å². The van der Waals surface area contributed by atoms with Gasteiger partial charge in [0.2, 0.25) is 5.88 Å². The number of halogens is 1. The van der Waals surface area contributed by atoms with Gasteiger partial charge in [-0.2, -0.15) is 0 Å². The van der Waals surface area contributed by atoms with E-state index >= 15 is 0 Å². The number of pyridine rings is 1. The summed E-state index contributed by atoms with van der Waals surface area (Å²) in [6, 6.07) is 7.01. The Hall–Kier alpha value is -2.87. The van der Waals surface area contributed by atoms with Crippen LogP contribution in [-0.2, 0) is 0 Å². The molecule has 0 saturated heterocycles. The van der Waals surface area contributed by atoms with Crippen molar-refractivity contribution in [3.63, 3.8) is 0 Å². The first-order valence-corrected chi connectivity index (χ1v) is 5.95. The SMILES string of the molecule is NC(=NO)c1ccc(Oc2ccc([N+](=O)[O-])c(Cl)c2)nc1. The van der Waals surface area contributed by atoms with E-state index in [1.165, 1.54) is 30.5 Å². The number of amidine groups is 1. The number of hydrogen-bond acceptors (Lipinski definition) is 6. The Labute approximate surface area is 123 Å². The van der Waals surface area contributed by atoms with Crippen LogP contribution in [-0.4, -0.2) is 21.0 Å². The van der Waals surface area contributed by atoms with Crippen molar-refractivity contribution in [3.8, 4) is 11.6 Å². The minimum absolute atomic E-state index is 0.0363. The highest BCUT2D eigenvalue weighted by atomic mass is 35.5.